The molecule has 6 atom stereocenters. The molecule has 0 spiro atoms. The number of carbonyl (C=O) groups is 4. The summed E-state index contributed by atoms with van der Waals surface area (Å²) < 4.78 is 0. The first-order chi connectivity index (χ1) is 21.6. The lowest BCUT2D eigenvalue weighted by Crippen LogP contribution is -2.47. The van der Waals surface area contributed by atoms with Crippen LogP contribution in [0.15, 0.2) is 48.5 Å². The zero-order valence-electron chi connectivity index (χ0n) is 26.8. The van der Waals surface area contributed by atoms with E-state index < -0.39 is 24.0 Å². The van der Waals surface area contributed by atoms with Crippen molar-refractivity contribution in [1.82, 2.24) is 15.5 Å². The summed E-state index contributed by atoms with van der Waals surface area (Å²) in [4.78, 5) is 56.2. The predicted molar refractivity (Wildman–Crippen MR) is 174 cm³/mol. The Morgan fingerprint density at radius 2 is 1.82 bits per heavy atom. The molecular weight excluding hydrogens is 568 g/mol. The number of aliphatic hydroxyl groups is 1. The third-order valence-corrected chi connectivity index (χ3v) is 9.91. The molecule has 5 rings (SSSR count). The van der Waals surface area contributed by atoms with Gasteiger partial charge in [0, 0.05) is 55.3 Å². The Kier molecular flexibility index (Phi) is 10.6. The van der Waals surface area contributed by atoms with E-state index >= 15 is 0 Å². The Labute approximate surface area is 266 Å². The quantitative estimate of drug-likeness (QED) is 0.310. The average Bonchev–Trinajstić information content (AvgIpc) is 3.78. The maximum Gasteiger partial charge on any atom is 0.253 e. The van der Waals surface area contributed by atoms with Crippen molar-refractivity contribution in [1.29, 1.82) is 0 Å². The van der Waals surface area contributed by atoms with Gasteiger partial charge in [-0.3, -0.25) is 19.2 Å². The van der Waals surface area contributed by atoms with Gasteiger partial charge >= 0.3 is 0 Å². The van der Waals surface area contributed by atoms with Crippen LogP contribution in [0.3, 0.4) is 0 Å². The zero-order valence-corrected chi connectivity index (χ0v) is 26.8. The van der Waals surface area contributed by atoms with E-state index in [9.17, 15) is 24.3 Å². The minimum absolute atomic E-state index is 0.0389. The minimum atomic E-state index is -0.991. The number of fused-ring (bicyclic) bond motifs is 2. The van der Waals surface area contributed by atoms with Crippen LogP contribution in [0, 0.1) is 17.8 Å². The van der Waals surface area contributed by atoms with E-state index in [1.807, 2.05) is 44.2 Å². The molecule has 2 saturated carbocycles. The number of hydrogen-bond acceptors (Lipinski definition) is 5. The van der Waals surface area contributed by atoms with Gasteiger partial charge in [0.1, 0.15) is 0 Å². The fraction of sp³-hybridized carbons (Fsp3) is 0.556. The molecule has 2 aromatic carbocycles. The van der Waals surface area contributed by atoms with E-state index in [1.54, 1.807) is 35.0 Å². The van der Waals surface area contributed by atoms with Crippen LogP contribution < -0.4 is 15.5 Å². The van der Waals surface area contributed by atoms with Gasteiger partial charge in [-0.1, -0.05) is 50.6 Å². The SMILES string of the molecule is CCCN(C)C(=O)c1cc(C(=O)NC(Cc2ccccc2)C(O)CC(C)C(=O)NC2CC3CCC2C3)cc(N2CCCC2=O)c1. The lowest BCUT2D eigenvalue weighted by molar-refractivity contribution is -0.126. The molecule has 3 fully saturated rings. The van der Waals surface area contributed by atoms with Gasteiger partial charge in [0.15, 0.2) is 0 Å². The molecule has 6 unspecified atom stereocenters. The summed E-state index contributed by atoms with van der Waals surface area (Å²) in [6, 6.07) is 14.0. The van der Waals surface area contributed by atoms with Gasteiger partial charge in [-0.2, -0.15) is 0 Å². The third kappa shape index (κ3) is 7.93. The van der Waals surface area contributed by atoms with Gasteiger partial charge in [-0.25, -0.2) is 0 Å². The molecule has 45 heavy (non-hydrogen) atoms. The molecule has 1 heterocycles. The van der Waals surface area contributed by atoms with E-state index in [2.05, 4.69) is 10.6 Å². The van der Waals surface area contributed by atoms with Crippen LogP contribution in [0.4, 0.5) is 5.69 Å². The van der Waals surface area contributed by atoms with Gasteiger partial charge < -0.3 is 25.5 Å². The van der Waals surface area contributed by atoms with Gasteiger partial charge in [-0.05, 0) is 80.5 Å². The number of nitrogens with zero attached hydrogens (tertiary/aromatic N) is 2. The molecule has 1 aliphatic heterocycles. The Hall–Kier alpha value is -3.72. The van der Waals surface area contributed by atoms with Crippen molar-refractivity contribution in [3.05, 3.63) is 65.2 Å². The van der Waals surface area contributed by atoms with E-state index in [0.29, 0.717) is 49.5 Å². The summed E-state index contributed by atoms with van der Waals surface area (Å²) in [5.41, 5.74) is 2.03. The molecule has 1 saturated heterocycles. The highest BCUT2D eigenvalue weighted by molar-refractivity contribution is 6.03. The van der Waals surface area contributed by atoms with Gasteiger partial charge in [0.2, 0.25) is 11.8 Å². The molecule has 9 heteroatoms. The van der Waals surface area contributed by atoms with Crippen LogP contribution >= 0.6 is 0 Å². The summed E-state index contributed by atoms with van der Waals surface area (Å²) in [6.07, 6.45) is 6.17. The van der Waals surface area contributed by atoms with Crippen molar-refractivity contribution >= 4 is 29.3 Å². The number of anilines is 1. The molecule has 0 aromatic heterocycles. The van der Waals surface area contributed by atoms with Gasteiger partial charge in [0.05, 0.1) is 12.1 Å². The first-order valence-electron chi connectivity index (χ1n) is 16.7. The Bertz CT molecular complexity index is 1380. The number of benzene rings is 2. The van der Waals surface area contributed by atoms with Crippen molar-refractivity contribution in [3.8, 4) is 0 Å². The van der Waals surface area contributed by atoms with Crippen LogP contribution in [-0.4, -0.2) is 72.0 Å². The third-order valence-electron chi connectivity index (χ3n) is 9.91. The number of amides is 4. The first kappa shape index (κ1) is 32.7. The number of hydrogen-bond donors (Lipinski definition) is 3. The van der Waals surface area contributed by atoms with Gasteiger partial charge in [0.25, 0.3) is 11.8 Å². The molecule has 3 aliphatic rings. The molecule has 2 bridgehead atoms. The second-order valence-corrected chi connectivity index (χ2v) is 13.4. The second kappa shape index (κ2) is 14.6. The highest BCUT2D eigenvalue weighted by Gasteiger charge is 2.40. The summed E-state index contributed by atoms with van der Waals surface area (Å²) in [6.45, 7) is 4.91. The molecule has 2 aliphatic carbocycles. The fourth-order valence-corrected chi connectivity index (χ4v) is 7.38. The molecule has 4 amide bonds. The van der Waals surface area contributed by atoms with Crippen molar-refractivity contribution in [2.45, 2.75) is 89.8 Å². The van der Waals surface area contributed by atoms with Crippen molar-refractivity contribution in [2.24, 2.45) is 17.8 Å². The van der Waals surface area contributed by atoms with E-state index in [4.69, 9.17) is 0 Å². The van der Waals surface area contributed by atoms with Crippen molar-refractivity contribution in [3.63, 3.8) is 0 Å². The average molecular weight is 617 g/mol. The lowest BCUT2D eigenvalue weighted by atomic mass is 9.91. The lowest BCUT2D eigenvalue weighted by Gasteiger charge is -2.28. The molecule has 9 nitrogen and oxygen atoms in total. The van der Waals surface area contributed by atoms with Crippen molar-refractivity contribution < 1.29 is 24.3 Å². The highest BCUT2D eigenvalue weighted by Crippen LogP contribution is 2.44. The second-order valence-electron chi connectivity index (χ2n) is 13.4. The molecular formula is C36H48N4O5. The van der Waals surface area contributed by atoms with Gasteiger partial charge in [-0.15, -0.1) is 0 Å². The van der Waals surface area contributed by atoms with Crippen LogP contribution in [0.1, 0.15) is 91.5 Å². The fourth-order valence-electron chi connectivity index (χ4n) is 7.38. The van der Waals surface area contributed by atoms with Crippen LogP contribution in [0.2, 0.25) is 0 Å². The summed E-state index contributed by atoms with van der Waals surface area (Å²) >= 11 is 0. The van der Waals surface area contributed by atoms with Crippen LogP contribution in [-0.2, 0) is 16.0 Å². The van der Waals surface area contributed by atoms with E-state index in [1.165, 1.54) is 19.3 Å². The van der Waals surface area contributed by atoms with Crippen LogP contribution in [0.25, 0.3) is 0 Å². The Balaban J connectivity index is 1.34. The Morgan fingerprint density at radius 3 is 2.47 bits per heavy atom. The normalized spacial score (nSPS) is 22.6. The maximum atomic E-state index is 13.9. The number of rotatable bonds is 13. The molecule has 3 N–H and O–H groups in total. The first-order valence-corrected chi connectivity index (χ1v) is 16.7. The monoisotopic (exact) mass is 616 g/mol. The largest absolute Gasteiger partial charge is 0.391 e. The summed E-state index contributed by atoms with van der Waals surface area (Å²) in [5.74, 6) is 0.0760. The molecule has 0 radical (unpaired) electrons. The maximum absolute atomic E-state index is 13.9. The zero-order chi connectivity index (χ0) is 32.1. The number of nitrogens with one attached hydrogen (secondary N) is 2. The highest BCUT2D eigenvalue weighted by atomic mass is 16.3. The van der Waals surface area contributed by atoms with Crippen molar-refractivity contribution in [2.75, 3.05) is 25.0 Å². The standard InChI is InChI=1S/C36H48N4O5/c1-4-14-39(3)36(45)28-20-27(21-29(22-28)40-15-8-11-33(40)42)35(44)38-31(18-24-9-6-5-7-10-24)32(41)16-23(2)34(43)37-30-19-25-12-13-26(30)17-25/h5-7,9-10,20-23,25-26,30-32,41H,4,8,11-19H2,1-3H3,(H,37,43)(H,38,44). The van der Waals surface area contributed by atoms with Crippen LogP contribution in [0.5, 0.6) is 0 Å². The molecule has 2 aromatic rings. The number of carbonyl (C=O) groups excluding carboxylic acids is 4. The predicted octanol–water partition coefficient (Wildman–Crippen LogP) is 4.33. The topological polar surface area (TPSA) is 119 Å². The number of aliphatic hydroxyl groups excluding tert-OH is 1. The minimum Gasteiger partial charge on any atom is -0.391 e. The summed E-state index contributed by atoms with van der Waals surface area (Å²) in [7, 11) is 1.72. The van der Waals surface area contributed by atoms with E-state index in [0.717, 1.165) is 24.3 Å². The van der Waals surface area contributed by atoms with E-state index in [-0.39, 0.29) is 35.7 Å². The molecule has 242 valence electrons. The Morgan fingerprint density at radius 1 is 1.07 bits per heavy atom. The summed E-state index contributed by atoms with van der Waals surface area (Å²) in [5, 5.41) is 17.7. The smallest absolute Gasteiger partial charge is 0.253 e.